The molecular weight excluding hydrogens is 627 g/mol. The maximum Gasteiger partial charge on any atom is 0.0547 e. The fraction of sp³-hybridized carbons (Fsp3) is 0.176. The van der Waals surface area contributed by atoms with Gasteiger partial charge in [0.05, 0.1) is 11.0 Å². The minimum atomic E-state index is -0.0256. The Balaban J connectivity index is 1.35. The van der Waals surface area contributed by atoms with E-state index < -0.39 is 0 Å². The molecule has 252 valence electrons. The van der Waals surface area contributed by atoms with Gasteiger partial charge in [-0.2, -0.15) is 0 Å². The highest BCUT2D eigenvalue weighted by atomic mass is 15.0. The molecular formula is C51H43N. The third kappa shape index (κ3) is 4.00. The van der Waals surface area contributed by atoms with Crippen LogP contribution in [-0.4, -0.2) is 4.57 Å². The summed E-state index contributed by atoms with van der Waals surface area (Å²) < 4.78 is 2.44. The average molecular weight is 670 g/mol. The zero-order valence-electron chi connectivity index (χ0n) is 30.9. The molecule has 0 spiro atoms. The van der Waals surface area contributed by atoms with Crippen LogP contribution in [0.5, 0.6) is 0 Å². The van der Waals surface area contributed by atoms with Crippen molar-refractivity contribution in [3.8, 4) is 27.9 Å². The van der Waals surface area contributed by atoms with E-state index in [0.29, 0.717) is 0 Å². The van der Waals surface area contributed by atoms with Crippen LogP contribution in [0.3, 0.4) is 0 Å². The molecule has 0 aliphatic heterocycles. The van der Waals surface area contributed by atoms with Crippen LogP contribution in [0, 0.1) is 5.41 Å². The Hall–Kier alpha value is -5.66. The number of hydrogen-bond acceptors (Lipinski definition) is 0. The maximum absolute atomic E-state index is 2.58. The lowest BCUT2D eigenvalue weighted by Gasteiger charge is -2.44. The van der Waals surface area contributed by atoms with Crippen LogP contribution in [-0.2, 0) is 10.8 Å². The minimum absolute atomic E-state index is 0.0240. The molecule has 1 heterocycles. The number of benzene rings is 8. The molecule has 0 atom stereocenters. The summed E-state index contributed by atoms with van der Waals surface area (Å²) in [6, 6.07) is 56.8. The molecule has 0 bridgehead atoms. The number of aromatic nitrogens is 1. The summed E-state index contributed by atoms with van der Waals surface area (Å²) in [5.41, 5.74) is 11.7. The van der Waals surface area contributed by atoms with E-state index in [4.69, 9.17) is 0 Å². The third-order valence-corrected chi connectivity index (χ3v) is 13.7. The monoisotopic (exact) mass is 669 g/mol. The van der Waals surface area contributed by atoms with Gasteiger partial charge in [0, 0.05) is 16.5 Å². The maximum atomic E-state index is 2.58. The fourth-order valence-corrected chi connectivity index (χ4v) is 9.72. The molecule has 0 saturated carbocycles. The predicted molar refractivity (Wildman–Crippen MR) is 224 cm³/mol. The number of hydrogen-bond donors (Lipinski definition) is 0. The molecule has 1 heteroatoms. The molecule has 52 heavy (non-hydrogen) atoms. The van der Waals surface area contributed by atoms with Crippen molar-refractivity contribution in [2.24, 2.45) is 5.41 Å². The Morgan fingerprint density at radius 2 is 0.865 bits per heavy atom. The highest BCUT2D eigenvalue weighted by molar-refractivity contribution is 6.28. The zero-order chi connectivity index (χ0) is 35.6. The summed E-state index contributed by atoms with van der Waals surface area (Å²) in [5.74, 6) is 0. The van der Waals surface area contributed by atoms with Crippen molar-refractivity contribution < 1.29 is 0 Å². The zero-order valence-corrected chi connectivity index (χ0v) is 30.9. The highest BCUT2D eigenvalue weighted by Crippen LogP contribution is 2.63. The summed E-state index contributed by atoms with van der Waals surface area (Å²) in [5, 5.41) is 10.4. The normalized spacial score (nSPS) is 16.0. The van der Waals surface area contributed by atoms with E-state index in [9.17, 15) is 0 Å². The summed E-state index contributed by atoms with van der Waals surface area (Å²) in [6.07, 6.45) is 0. The molecule has 0 amide bonds. The fourth-order valence-electron chi connectivity index (χ4n) is 9.72. The molecule has 8 aromatic carbocycles. The van der Waals surface area contributed by atoms with E-state index in [-0.39, 0.29) is 16.2 Å². The number of rotatable bonds is 3. The topological polar surface area (TPSA) is 4.93 Å². The largest absolute Gasteiger partial charge is 0.309 e. The Labute approximate surface area is 306 Å². The van der Waals surface area contributed by atoms with Crippen LogP contribution < -0.4 is 0 Å². The first-order valence-electron chi connectivity index (χ1n) is 18.7. The van der Waals surface area contributed by atoms with Gasteiger partial charge in [0.1, 0.15) is 0 Å². The third-order valence-electron chi connectivity index (χ3n) is 13.7. The second kappa shape index (κ2) is 10.7. The molecule has 0 unspecified atom stereocenters. The van der Waals surface area contributed by atoms with Crippen LogP contribution in [0.4, 0.5) is 0 Å². The van der Waals surface area contributed by atoms with Gasteiger partial charge < -0.3 is 4.57 Å². The Bertz CT molecular complexity index is 2870. The quantitative estimate of drug-likeness (QED) is 0.165. The minimum Gasteiger partial charge on any atom is -0.309 e. The van der Waals surface area contributed by atoms with Gasteiger partial charge in [0.2, 0.25) is 0 Å². The summed E-state index contributed by atoms with van der Waals surface area (Å²) in [6.45, 7) is 14.8. The smallest absolute Gasteiger partial charge is 0.0547 e. The van der Waals surface area contributed by atoms with Gasteiger partial charge in [-0.05, 0) is 118 Å². The standard InChI is InChI=1S/C51H43N/c1-49(2)44-30-42(32-27-28-38-37-22-14-15-26-46(37)52(47(38)29-32)33-17-8-7-9-18-33)43(31-45(44)50(3,4)51(49,5)6)41-25-16-24-40-36-20-11-10-19-34(36)35-21-12-13-23-39(35)48(40)41/h7-31H,1-6H3. The molecule has 1 aromatic heterocycles. The number of para-hydroxylation sites is 2. The number of nitrogens with zero attached hydrogens (tertiary/aromatic N) is 1. The van der Waals surface area contributed by atoms with Crippen LogP contribution in [0.2, 0.25) is 0 Å². The summed E-state index contributed by atoms with van der Waals surface area (Å²) >= 11 is 0. The second-order valence-corrected chi connectivity index (χ2v) is 16.6. The lowest BCUT2D eigenvalue weighted by molar-refractivity contribution is 0.125. The molecule has 1 nitrogen and oxygen atoms in total. The Kier molecular flexibility index (Phi) is 6.39. The molecule has 0 N–H and O–H groups in total. The van der Waals surface area contributed by atoms with Crippen molar-refractivity contribution in [2.75, 3.05) is 0 Å². The summed E-state index contributed by atoms with van der Waals surface area (Å²) in [7, 11) is 0. The van der Waals surface area contributed by atoms with E-state index in [2.05, 4.69) is 198 Å². The Morgan fingerprint density at radius 3 is 1.52 bits per heavy atom. The number of fused-ring (bicyclic) bond motifs is 10. The van der Waals surface area contributed by atoms with E-state index in [1.165, 1.54) is 93.2 Å². The van der Waals surface area contributed by atoms with Gasteiger partial charge in [0.15, 0.2) is 0 Å². The van der Waals surface area contributed by atoms with Crippen molar-refractivity contribution in [1.29, 1.82) is 0 Å². The predicted octanol–water partition coefficient (Wildman–Crippen LogP) is 14.2. The molecule has 10 rings (SSSR count). The van der Waals surface area contributed by atoms with Crippen LogP contribution >= 0.6 is 0 Å². The van der Waals surface area contributed by atoms with Crippen molar-refractivity contribution in [2.45, 2.75) is 52.4 Å². The highest BCUT2D eigenvalue weighted by Gasteiger charge is 2.57. The molecule has 9 aromatic rings. The van der Waals surface area contributed by atoms with Gasteiger partial charge in [0.25, 0.3) is 0 Å². The van der Waals surface area contributed by atoms with Gasteiger partial charge in [-0.15, -0.1) is 0 Å². The van der Waals surface area contributed by atoms with E-state index in [1.54, 1.807) is 0 Å². The van der Waals surface area contributed by atoms with Gasteiger partial charge in [-0.25, -0.2) is 0 Å². The molecule has 1 aliphatic rings. The first kappa shape index (κ1) is 31.1. The van der Waals surface area contributed by atoms with Crippen molar-refractivity contribution in [1.82, 2.24) is 4.57 Å². The van der Waals surface area contributed by atoms with Gasteiger partial charge >= 0.3 is 0 Å². The SMILES string of the molecule is CC1(C)c2cc(-c3ccc4c5ccccc5n(-c5ccccc5)c4c3)c(-c3cccc4c5ccccc5c5ccccc5c34)cc2C(C)(C)C1(C)C. The van der Waals surface area contributed by atoms with Crippen LogP contribution in [0.25, 0.3) is 82.1 Å². The van der Waals surface area contributed by atoms with Gasteiger partial charge in [-0.1, -0.05) is 157 Å². The Morgan fingerprint density at radius 1 is 0.365 bits per heavy atom. The van der Waals surface area contributed by atoms with E-state index >= 15 is 0 Å². The van der Waals surface area contributed by atoms with Crippen LogP contribution in [0.15, 0.2) is 152 Å². The first-order chi connectivity index (χ1) is 25.1. The lowest BCUT2D eigenvalue weighted by atomic mass is 9.59. The molecule has 0 saturated heterocycles. The van der Waals surface area contributed by atoms with Crippen molar-refractivity contribution in [3.63, 3.8) is 0 Å². The van der Waals surface area contributed by atoms with Crippen LogP contribution in [0.1, 0.15) is 52.7 Å². The molecule has 0 radical (unpaired) electrons. The van der Waals surface area contributed by atoms with Gasteiger partial charge in [-0.3, -0.25) is 0 Å². The molecule has 1 aliphatic carbocycles. The second-order valence-electron chi connectivity index (χ2n) is 16.6. The average Bonchev–Trinajstić information content (AvgIpc) is 3.55. The summed E-state index contributed by atoms with van der Waals surface area (Å²) in [4.78, 5) is 0. The first-order valence-corrected chi connectivity index (χ1v) is 18.7. The van der Waals surface area contributed by atoms with E-state index in [1.807, 2.05) is 0 Å². The van der Waals surface area contributed by atoms with Crippen molar-refractivity contribution >= 4 is 54.1 Å². The lowest BCUT2D eigenvalue weighted by Crippen LogP contribution is -2.42. The molecule has 0 fully saturated rings. The van der Waals surface area contributed by atoms with Crippen molar-refractivity contribution in [3.05, 3.63) is 163 Å². The van der Waals surface area contributed by atoms with E-state index in [0.717, 1.165) is 0 Å².